The SMILES string of the molecule is O=C1CC(Cl)N(C2CC2)c2ccc(F)cc21. The average Bonchev–Trinajstić information content (AvgIpc) is 3.03. The summed E-state index contributed by atoms with van der Waals surface area (Å²) in [5, 5.41) is 0. The molecular formula is C12H11ClFNO. The molecule has 0 aromatic heterocycles. The lowest BCUT2D eigenvalue weighted by Crippen LogP contribution is -2.39. The molecule has 3 rings (SSSR count). The smallest absolute Gasteiger partial charge is 0.168 e. The first-order chi connectivity index (χ1) is 7.66. The highest BCUT2D eigenvalue weighted by molar-refractivity contribution is 6.25. The standard InChI is InChI=1S/C12H11ClFNO/c13-12-6-11(16)9-5-7(14)1-4-10(9)15(12)8-2-3-8/h1,4-5,8,12H,2-3,6H2. The molecule has 1 heterocycles. The predicted molar refractivity (Wildman–Crippen MR) is 60.5 cm³/mol. The number of fused-ring (bicyclic) bond motifs is 1. The van der Waals surface area contributed by atoms with Gasteiger partial charge in [0.25, 0.3) is 0 Å². The van der Waals surface area contributed by atoms with E-state index in [1.54, 1.807) is 6.07 Å². The number of halogens is 2. The second kappa shape index (κ2) is 3.45. The first-order valence-electron chi connectivity index (χ1n) is 5.42. The Hall–Kier alpha value is -1.09. The van der Waals surface area contributed by atoms with Gasteiger partial charge in [0, 0.05) is 23.7 Å². The Bertz CT molecular complexity index is 458. The molecule has 1 aliphatic carbocycles. The molecular weight excluding hydrogens is 229 g/mol. The van der Waals surface area contributed by atoms with Crippen LogP contribution in [0, 0.1) is 5.82 Å². The number of alkyl halides is 1. The van der Waals surface area contributed by atoms with Gasteiger partial charge in [0.1, 0.15) is 11.3 Å². The van der Waals surface area contributed by atoms with Gasteiger partial charge in [-0.3, -0.25) is 4.79 Å². The van der Waals surface area contributed by atoms with E-state index < -0.39 is 0 Å². The second-order valence-electron chi connectivity index (χ2n) is 4.36. The Morgan fingerprint density at radius 1 is 1.38 bits per heavy atom. The molecule has 1 aromatic rings. The van der Waals surface area contributed by atoms with Crippen LogP contribution in [0.25, 0.3) is 0 Å². The van der Waals surface area contributed by atoms with Gasteiger partial charge in [-0.25, -0.2) is 4.39 Å². The molecule has 1 aliphatic heterocycles. The van der Waals surface area contributed by atoms with Crippen LogP contribution in [0.5, 0.6) is 0 Å². The first-order valence-corrected chi connectivity index (χ1v) is 5.85. The number of nitrogens with zero attached hydrogens (tertiary/aromatic N) is 1. The fourth-order valence-corrected chi connectivity index (χ4v) is 2.65. The summed E-state index contributed by atoms with van der Waals surface area (Å²) in [6, 6.07) is 4.79. The van der Waals surface area contributed by atoms with Gasteiger partial charge in [0.2, 0.25) is 0 Å². The van der Waals surface area contributed by atoms with E-state index in [0.29, 0.717) is 11.6 Å². The summed E-state index contributed by atoms with van der Waals surface area (Å²) in [6.07, 6.45) is 2.48. The largest absolute Gasteiger partial charge is 0.351 e. The van der Waals surface area contributed by atoms with Crippen molar-refractivity contribution >= 4 is 23.1 Å². The lowest BCUT2D eigenvalue weighted by molar-refractivity contribution is 0.0975. The van der Waals surface area contributed by atoms with Crippen molar-refractivity contribution in [3.05, 3.63) is 29.6 Å². The number of carbonyl (C=O) groups excluding carboxylic acids is 1. The Kier molecular flexibility index (Phi) is 2.18. The molecule has 1 aromatic carbocycles. The summed E-state index contributed by atoms with van der Waals surface area (Å²) in [7, 11) is 0. The van der Waals surface area contributed by atoms with Crippen LogP contribution in [-0.2, 0) is 0 Å². The van der Waals surface area contributed by atoms with Gasteiger partial charge in [-0.1, -0.05) is 11.6 Å². The fourth-order valence-electron chi connectivity index (χ4n) is 2.25. The van der Waals surface area contributed by atoms with Gasteiger partial charge in [-0.2, -0.15) is 0 Å². The third kappa shape index (κ3) is 1.50. The van der Waals surface area contributed by atoms with E-state index in [9.17, 15) is 9.18 Å². The fraction of sp³-hybridized carbons (Fsp3) is 0.417. The van der Waals surface area contributed by atoms with Crippen molar-refractivity contribution in [1.82, 2.24) is 0 Å². The van der Waals surface area contributed by atoms with Crippen LogP contribution < -0.4 is 4.90 Å². The highest BCUT2D eigenvalue weighted by Gasteiger charge is 2.39. The number of anilines is 1. The molecule has 2 aliphatic rings. The van der Waals surface area contributed by atoms with Crippen molar-refractivity contribution in [2.24, 2.45) is 0 Å². The monoisotopic (exact) mass is 239 g/mol. The Balaban J connectivity index is 2.10. The maximum Gasteiger partial charge on any atom is 0.168 e. The molecule has 0 saturated heterocycles. The minimum atomic E-state index is -0.365. The zero-order valence-electron chi connectivity index (χ0n) is 8.62. The van der Waals surface area contributed by atoms with E-state index in [-0.39, 0.29) is 23.5 Å². The van der Waals surface area contributed by atoms with Crippen molar-refractivity contribution in [2.75, 3.05) is 4.90 Å². The van der Waals surface area contributed by atoms with E-state index in [0.717, 1.165) is 18.5 Å². The minimum Gasteiger partial charge on any atom is -0.351 e. The van der Waals surface area contributed by atoms with Gasteiger partial charge in [0.05, 0.1) is 0 Å². The van der Waals surface area contributed by atoms with Crippen LogP contribution in [0.4, 0.5) is 10.1 Å². The topological polar surface area (TPSA) is 20.3 Å². The molecule has 0 bridgehead atoms. The maximum atomic E-state index is 13.1. The number of ketones is 1. The van der Waals surface area contributed by atoms with Crippen molar-refractivity contribution < 1.29 is 9.18 Å². The maximum absolute atomic E-state index is 13.1. The highest BCUT2D eigenvalue weighted by atomic mass is 35.5. The van der Waals surface area contributed by atoms with Gasteiger partial charge >= 0.3 is 0 Å². The summed E-state index contributed by atoms with van der Waals surface area (Å²) < 4.78 is 13.1. The molecule has 0 radical (unpaired) electrons. The molecule has 0 amide bonds. The third-order valence-electron chi connectivity index (χ3n) is 3.13. The molecule has 2 nitrogen and oxygen atoms in total. The number of carbonyl (C=O) groups is 1. The number of hydrogen-bond donors (Lipinski definition) is 0. The number of rotatable bonds is 1. The lowest BCUT2D eigenvalue weighted by atomic mass is 10.00. The molecule has 1 unspecified atom stereocenters. The van der Waals surface area contributed by atoms with Crippen LogP contribution >= 0.6 is 11.6 Å². The summed E-state index contributed by atoms with van der Waals surface area (Å²) in [4.78, 5) is 13.8. The lowest BCUT2D eigenvalue weighted by Gasteiger charge is -2.34. The molecule has 1 atom stereocenters. The van der Waals surface area contributed by atoms with Gasteiger partial charge < -0.3 is 4.90 Å². The van der Waals surface area contributed by atoms with E-state index >= 15 is 0 Å². The van der Waals surface area contributed by atoms with E-state index in [2.05, 4.69) is 4.90 Å². The number of benzene rings is 1. The van der Waals surface area contributed by atoms with Gasteiger partial charge in [-0.05, 0) is 31.0 Å². The quantitative estimate of drug-likeness (QED) is 0.555. The van der Waals surface area contributed by atoms with Crippen LogP contribution in [0.1, 0.15) is 29.6 Å². The van der Waals surface area contributed by atoms with E-state index in [1.165, 1.54) is 12.1 Å². The van der Waals surface area contributed by atoms with Crippen LogP contribution in [0.3, 0.4) is 0 Å². The van der Waals surface area contributed by atoms with E-state index in [1.807, 2.05) is 0 Å². The first kappa shape index (κ1) is 10.1. The van der Waals surface area contributed by atoms with Gasteiger partial charge in [-0.15, -0.1) is 0 Å². The summed E-state index contributed by atoms with van der Waals surface area (Å²) in [6.45, 7) is 0. The summed E-state index contributed by atoms with van der Waals surface area (Å²) in [5.41, 5.74) is 0.988. The molecule has 0 spiro atoms. The molecule has 1 fully saturated rings. The predicted octanol–water partition coefficient (Wildman–Crippen LogP) is 2.95. The van der Waals surface area contributed by atoms with Gasteiger partial charge in [0.15, 0.2) is 5.78 Å². The molecule has 1 saturated carbocycles. The Morgan fingerprint density at radius 3 is 2.81 bits per heavy atom. The Morgan fingerprint density at radius 2 is 2.12 bits per heavy atom. The van der Waals surface area contributed by atoms with Crippen LogP contribution in [0.2, 0.25) is 0 Å². The normalized spacial score (nSPS) is 24.5. The molecule has 4 heteroatoms. The molecule has 0 N–H and O–H groups in total. The van der Waals surface area contributed by atoms with Crippen molar-refractivity contribution in [1.29, 1.82) is 0 Å². The highest BCUT2D eigenvalue weighted by Crippen LogP contribution is 2.40. The summed E-state index contributed by atoms with van der Waals surface area (Å²) >= 11 is 6.19. The zero-order chi connectivity index (χ0) is 11.3. The average molecular weight is 240 g/mol. The minimum absolute atomic E-state index is 0.0635. The molecule has 16 heavy (non-hydrogen) atoms. The zero-order valence-corrected chi connectivity index (χ0v) is 9.38. The number of hydrogen-bond acceptors (Lipinski definition) is 2. The second-order valence-corrected chi connectivity index (χ2v) is 4.87. The van der Waals surface area contributed by atoms with Crippen LogP contribution in [-0.4, -0.2) is 17.3 Å². The summed E-state index contributed by atoms with van der Waals surface area (Å²) in [5.74, 6) is -0.428. The van der Waals surface area contributed by atoms with Crippen molar-refractivity contribution in [3.8, 4) is 0 Å². The van der Waals surface area contributed by atoms with Crippen LogP contribution in [0.15, 0.2) is 18.2 Å². The molecule has 84 valence electrons. The Labute approximate surface area is 98.0 Å². The third-order valence-corrected chi connectivity index (χ3v) is 3.50. The van der Waals surface area contributed by atoms with E-state index in [4.69, 9.17) is 11.6 Å². The van der Waals surface area contributed by atoms with Crippen molar-refractivity contribution in [2.45, 2.75) is 30.8 Å². The van der Waals surface area contributed by atoms with Crippen molar-refractivity contribution in [3.63, 3.8) is 0 Å². The number of Topliss-reactive ketones (excluding diaryl/α,β-unsaturated/α-hetero) is 1.